The zero-order valence-corrected chi connectivity index (χ0v) is 15.3. The number of hydrogen-bond acceptors (Lipinski definition) is 7. The Morgan fingerprint density at radius 3 is 3.12 bits per heavy atom. The summed E-state index contributed by atoms with van der Waals surface area (Å²) in [6.45, 7) is 4.45. The summed E-state index contributed by atoms with van der Waals surface area (Å²) in [6.07, 6.45) is 5.06. The molecule has 0 saturated carbocycles. The van der Waals surface area contributed by atoms with Crippen molar-refractivity contribution >= 4 is 16.0 Å². The van der Waals surface area contributed by atoms with Crippen LogP contribution in [0, 0.1) is 11.8 Å². The van der Waals surface area contributed by atoms with Crippen molar-refractivity contribution in [3.63, 3.8) is 0 Å². The Hall–Kier alpha value is -1.45. The second-order valence-corrected chi connectivity index (χ2v) is 8.99. The van der Waals surface area contributed by atoms with Gasteiger partial charge < -0.3 is 14.4 Å². The molecule has 9 heteroatoms. The summed E-state index contributed by atoms with van der Waals surface area (Å²) in [5.74, 6) is 1.71. The van der Waals surface area contributed by atoms with Crippen LogP contribution in [0.15, 0.2) is 12.3 Å². The lowest BCUT2D eigenvalue weighted by Gasteiger charge is -2.29. The van der Waals surface area contributed by atoms with E-state index in [0.717, 1.165) is 25.9 Å². The number of ether oxygens (including phenoxy) is 2. The second kappa shape index (κ2) is 6.07. The first-order valence-corrected chi connectivity index (χ1v) is 10.6. The molecule has 3 aliphatic rings. The molecule has 3 aliphatic heterocycles. The maximum Gasteiger partial charge on any atom is 0.228 e. The molecule has 0 unspecified atom stereocenters. The molecular formula is C16H24N4O4S. The fourth-order valence-corrected chi connectivity index (χ4v) is 5.07. The largest absolute Gasteiger partial charge is 0.478 e. The lowest BCUT2D eigenvalue weighted by atomic mass is 9.74. The van der Waals surface area contributed by atoms with Crippen LogP contribution < -0.4 is 14.4 Å². The van der Waals surface area contributed by atoms with Crippen LogP contribution >= 0.6 is 0 Å². The predicted octanol–water partition coefficient (Wildman–Crippen LogP) is 0.408. The molecule has 8 nitrogen and oxygen atoms in total. The van der Waals surface area contributed by atoms with Crippen LogP contribution in [-0.4, -0.2) is 62.6 Å². The van der Waals surface area contributed by atoms with E-state index in [9.17, 15) is 8.42 Å². The van der Waals surface area contributed by atoms with E-state index in [1.54, 1.807) is 12.3 Å². The van der Waals surface area contributed by atoms with Crippen molar-refractivity contribution in [2.45, 2.75) is 31.5 Å². The van der Waals surface area contributed by atoms with Gasteiger partial charge in [-0.3, -0.25) is 0 Å². The molecule has 138 valence electrons. The van der Waals surface area contributed by atoms with E-state index in [0.29, 0.717) is 30.9 Å². The van der Waals surface area contributed by atoms with Gasteiger partial charge in [-0.2, -0.15) is 4.98 Å². The Kier molecular flexibility index (Phi) is 4.12. The van der Waals surface area contributed by atoms with Gasteiger partial charge in [0.05, 0.1) is 31.1 Å². The van der Waals surface area contributed by atoms with Crippen molar-refractivity contribution < 1.29 is 17.9 Å². The number of fused-ring (bicyclic) bond motifs is 1. The number of anilines is 1. The summed E-state index contributed by atoms with van der Waals surface area (Å²) in [6, 6.07) is 1.75. The molecule has 1 aromatic heterocycles. The third-order valence-corrected chi connectivity index (χ3v) is 6.25. The monoisotopic (exact) mass is 368 g/mol. The highest BCUT2D eigenvalue weighted by Gasteiger charge is 2.63. The summed E-state index contributed by atoms with van der Waals surface area (Å²) in [5, 5.41) is 0. The van der Waals surface area contributed by atoms with Crippen molar-refractivity contribution in [3.8, 4) is 5.88 Å². The second-order valence-electron chi connectivity index (χ2n) is 7.16. The average Bonchev–Trinajstić information content (AvgIpc) is 3.20. The highest BCUT2D eigenvalue weighted by molar-refractivity contribution is 7.88. The normalized spacial score (nSPS) is 33.7. The number of nitrogens with zero attached hydrogens (tertiary/aromatic N) is 3. The maximum absolute atomic E-state index is 11.5. The van der Waals surface area contributed by atoms with Crippen LogP contribution in [0.2, 0.25) is 0 Å². The quantitative estimate of drug-likeness (QED) is 0.777. The van der Waals surface area contributed by atoms with E-state index in [2.05, 4.69) is 19.6 Å². The molecule has 0 aliphatic carbocycles. The molecule has 4 rings (SSSR count). The van der Waals surface area contributed by atoms with Gasteiger partial charge in [-0.15, -0.1) is 0 Å². The van der Waals surface area contributed by atoms with E-state index in [1.807, 2.05) is 6.92 Å². The average molecular weight is 368 g/mol. The number of aromatic nitrogens is 2. The SMILES string of the molecule is CCOc1ccnc(N2C[C@@H]3[C@H](CNS(C)(=O)=O)[C@H]4CC[C@]3(C2)O4)n1. The Bertz CT molecular complexity index is 758. The molecule has 0 amide bonds. The van der Waals surface area contributed by atoms with Crippen LogP contribution in [0.1, 0.15) is 19.8 Å². The highest BCUT2D eigenvalue weighted by atomic mass is 32.2. The molecule has 1 N–H and O–H groups in total. The van der Waals surface area contributed by atoms with Crippen LogP contribution in [0.3, 0.4) is 0 Å². The molecule has 2 bridgehead atoms. The molecule has 0 aromatic carbocycles. The molecule has 3 fully saturated rings. The third-order valence-electron chi connectivity index (χ3n) is 5.56. The molecule has 1 aromatic rings. The Morgan fingerprint density at radius 2 is 2.36 bits per heavy atom. The summed E-state index contributed by atoms with van der Waals surface area (Å²) < 4.78 is 37.4. The van der Waals surface area contributed by atoms with Gasteiger partial charge in [0.15, 0.2) is 0 Å². The van der Waals surface area contributed by atoms with E-state index in [1.165, 1.54) is 6.26 Å². The van der Waals surface area contributed by atoms with Crippen molar-refractivity contribution in [3.05, 3.63) is 12.3 Å². The van der Waals surface area contributed by atoms with Crippen molar-refractivity contribution in [1.82, 2.24) is 14.7 Å². The van der Waals surface area contributed by atoms with Gasteiger partial charge in [0.1, 0.15) is 0 Å². The smallest absolute Gasteiger partial charge is 0.228 e. The fourth-order valence-electron chi connectivity index (χ4n) is 4.58. The van der Waals surface area contributed by atoms with Gasteiger partial charge in [0.2, 0.25) is 21.9 Å². The first-order chi connectivity index (χ1) is 11.9. The number of hydrogen-bond donors (Lipinski definition) is 1. The first-order valence-electron chi connectivity index (χ1n) is 8.73. The van der Waals surface area contributed by atoms with Gasteiger partial charge in [-0.05, 0) is 19.8 Å². The molecule has 4 atom stereocenters. The van der Waals surface area contributed by atoms with Gasteiger partial charge in [-0.25, -0.2) is 18.1 Å². The Morgan fingerprint density at radius 1 is 1.52 bits per heavy atom. The van der Waals surface area contributed by atoms with Gasteiger partial charge in [0, 0.05) is 37.2 Å². The molecule has 0 radical (unpaired) electrons. The van der Waals surface area contributed by atoms with Crippen LogP contribution in [0.5, 0.6) is 5.88 Å². The number of nitrogens with one attached hydrogen (secondary N) is 1. The zero-order valence-electron chi connectivity index (χ0n) is 14.5. The standard InChI is InChI=1S/C16H24N4O4S/c1-3-23-14-5-7-17-15(19-14)20-9-12-11(8-18-25(2,21)22)13-4-6-16(12,10-20)24-13/h5,7,11-13,18H,3-4,6,8-10H2,1-2H3/t11-,12+,13+,16+/m0/s1. The van der Waals surface area contributed by atoms with E-state index in [4.69, 9.17) is 9.47 Å². The first kappa shape index (κ1) is 17.0. The van der Waals surface area contributed by atoms with Crippen LogP contribution in [-0.2, 0) is 14.8 Å². The molecule has 1 spiro atoms. The molecule has 4 heterocycles. The minimum Gasteiger partial charge on any atom is -0.478 e. The van der Waals surface area contributed by atoms with Crippen molar-refractivity contribution in [2.75, 3.05) is 37.4 Å². The summed E-state index contributed by atoms with van der Waals surface area (Å²) in [7, 11) is -3.20. The highest BCUT2D eigenvalue weighted by Crippen LogP contribution is 2.55. The fraction of sp³-hybridized carbons (Fsp3) is 0.750. The Labute approximate surface area is 148 Å². The van der Waals surface area contributed by atoms with E-state index in [-0.39, 0.29) is 17.6 Å². The number of sulfonamides is 1. The van der Waals surface area contributed by atoms with Gasteiger partial charge in [0.25, 0.3) is 0 Å². The summed E-state index contributed by atoms with van der Waals surface area (Å²) in [5.41, 5.74) is -0.195. The minimum atomic E-state index is -3.20. The van der Waals surface area contributed by atoms with Gasteiger partial charge in [-0.1, -0.05) is 0 Å². The topological polar surface area (TPSA) is 93.7 Å². The van der Waals surface area contributed by atoms with E-state index >= 15 is 0 Å². The molecular weight excluding hydrogens is 344 g/mol. The van der Waals surface area contributed by atoms with Crippen LogP contribution in [0.25, 0.3) is 0 Å². The zero-order chi connectivity index (χ0) is 17.7. The number of rotatable bonds is 6. The summed E-state index contributed by atoms with van der Waals surface area (Å²) >= 11 is 0. The minimum absolute atomic E-state index is 0.150. The predicted molar refractivity (Wildman–Crippen MR) is 92.1 cm³/mol. The lowest BCUT2D eigenvalue weighted by Crippen LogP contribution is -2.41. The lowest BCUT2D eigenvalue weighted by molar-refractivity contribution is 0.0141. The van der Waals surface area contributed by atoms with Crippen LogP contribution in [0.4, 0.5) is 5.95 Å². The third kappa shape index (κ3) is 3.09. The van der Waals surface area contributed by atoms with Crippen molar-refractivity contribution in [1.29, 1.82) is 0 Å². The van der Waals surface area contributed by atoms with Gasteiger partial charge >= 0.3 is 0 Å². The molecule has 25 heavy (non-hydrogen) atoms. The van der Waals surface area contributed by atoms with Crippen molar-refractivity contribution in [2.24, 2.45) is 11.8 Å². The summed E-state index contributed by atoms with van der Waals surface area (Å²) in [4.78, 5) is 11.0. The Balaban J connectivity index is 1.52. The van der Waals surface area contributed by atoms with E-state index < -0.39 is 10.0 Å². The molecule has 3 saturated heterocycles. The maximum atomic E-state index is 11.5.